The molecular weight excluding hydrogens is 258 g/mol. The molecule has 1 aromatic carbocycles. The predicted molar refractivity (Wildman–Crippen MR) is 64.4 cm³/mol. The molecule has 0 radical (unpaired) electrons. The largest absolute Gasteiger partial charge is 0.192 e. The third-order valence-corrected chi connectivity index (χ3v) is 4.13. The van der Waals surface area contributed by atoms with E-state index in [0.29, 0.717) is 5.92 Å². The van der Waals surface area contributed by atoms with Crippen molar-refractivity contribution in [3.63, 3.8) is 0 Å². The number of thioether (sulfide) groups is 1. The maximum atomic E-state index is 8.92. The van der Waals surface area contributed by atoms with E-state index in [1.807, 2.05) is 18.2 Å². The van der Waals surface area contributed by atoms with Gasteiger partial charge in [-0.2, -0.15) is 5.26 Å². The Morgan fingerprint density at radius 3 is 2.79 bits per heavy atom. The molecule has 0 saturated carbocycles. The lowest BCUT2D eigenvalue weighted by Gasteiger charge is -2.07. The fourth-order valence-electron chi connectivity index (χ4n) is 0.994. The zero-order valence-electron chi connectivity index (χ0n) is 8.25. The van der Waals surface area contributed by atoms with Gasteiger partial charge in [-0.1, -0.05) is 19.9 Å². The van der Waals surface area contributed by atoms with E-state index in [1.54, 1.807) is 11.8 Å². The van der Waals surface area contributed by atoms with Crippen molar-refractivity contribution in [1.82, 2.24) is 0 Å². The summed E-state index contributed by atoms with van der Waals surface area (Å²) in [6.07, 6.45) is 0. The molecule has 0 fully saturated rings. The Balaban J connectivity index is 2.89. The highest BCUT2D eigenvalue weighted by Gasteiger charge is 2.07. The van der Waals surface area contributed by atoms with Crippen LogP contribution in [0.25, 0.3) is 0 Å². The third-order valence-electron chi connectivity index (χ3n) is 1.65. The molecule has 0 spiro atoms. The second-order valence-corrected chi connectivity index (χ2v) is 5.32. The highest BCUT2D eigenvalue weighted by Crippen LogP contribution is 2.31. The molecule has 0 aromatic heterocycles. The molecule has 0 heterocycles. The van der Waals surface area contributed by atoms with Gasteiger partial charge in [-0.15, -0.1) is 11.8 Å². The summed E-state index contributed by atoms with van der Waals surface area (Å²) in [6, 6.07) is 7.93. The highest BCUT2D eigenvalue weighted by atomic mass is 79.9. The van der Waals surface area contributed by atoms with Crippen molar-refractivity contribution in [2.45, 2.75) is 18.7 Å². The fourth-order valence-corrected chi connectivity index (χ4v) is 2.68. The summed E-state index contributed by atoms with van der Waals surface area (Å²) in [5, 5.41) is 8.92. The number of nitrogens with zero attached hydrogens (tertiary/aromatic N) is 1. The first-order valence-corrected chi connectivity index (χ1v) is 6.24. The van der Waals surface area contributed by atoms with Crippen LogP contribution in [0, 0.1) is 17.2 Å². The minimum atomic E-state index is 0.638. The fraction of sp³-hybridized carbons (Fsp3) is 0.364. The zero-order valence-corrected chi connectivity index (χ0v) is 10.7. The molecule has 1 nitrogen and oxygen atoms in total. The van der Waals surface area contributed by atoms with E-state index in [-0.39, 0.29) is 0 Å². The van der Waals surface area contributed by atoms with Crippen LogP contribution in [0.15, 0.2) is 27.6 Å². The molecule has 0 aliphatic carbocycles. The molecule has 0 amide bonds. The molecular formula is C11H12BrNS. The minimum Gasteiger partial charge on any atom is -0.192 e. The normalized spacial score (nSPS) is 10.2. The van der Waals surface area contributed by atoms with E-state index in [2.05, 4.69) is 35.8 Å². The summed E-state index contributed by atoms with van der Waals surface area (Å²) in [4.78, 5) is 1.06. The summed E-state index contributed by atoms with van der Waals surface area (Å²) >= 11 is 5.20. The number of hydrogen-bond donors (Lipinski definition) is 0. The Kier molecular flexibility index (Phi) is 4.50. The van der Waals surface area contributed by atoms with E-state index in [4.69, 9.17) is 5.26 Å². The van der Waals surface area contributed by atoms with Crippen LogP contribution in [0.1, 0.15) is 19.4 Å². The van der Waals surface area contributed by atoms with Crippen molar-refractivity contribution >= 4 is 27.7 Å². The highest BCUT2D eigenvalue weighted by molar-refractivity contribution is 9.10. The van der Waals surface area contributed by atoms with Gasteiger partial charge >= 0.3 is 0 Å². The Morgan fingerprint density at radius 2 is 2.21 bits per heavy atom. The van der Waals surface area contributed by atoms with Crippen molar-refractivity contribution in [2.24, 2.45) is 5.92 Å². The van der Waals surface area contributed by atoms with Crippen LogP contribution in [0.4, 0.5) is 0 Å². The zero-order chi connectivity index (χ0) is 10.6. The Hall–Kier alpha value is -0.460. The van der Waals surface area contributed by atoms with Gasteiger partial charge in [0, 0.05) is 15.1 Å². The third kappa shape index (κ3) is 3.04. The smallest absolute Gasteiger partial charge is 0.100 e. The molecule has 0 N–H and O–H groups in total. The molecule has 0 atom stereocenters. The minimum absolute atomic E-state index is 0.638. The molecule has 0 bridgehead atoms. The summed E-state index contributed by atoms with van der Waals surface area (Å²) in [5.41, 5.74) is 0.755. The Morgan fingerprint density at radius 1 is 1.50 bits per heavy atom. The molecule has 1 aromatic rings. The van der Waals surface area contributed by atoms with Crippen LogP contribution in [0.5, 0.6) is 0 Å². The van der Waals surface area contributed by atoms with Crippen molar-refractivity contribution in [2.75, 3.05) is 5.75 Å². The molecule has 0 aliphatic rings. The lowest BCUT2D eigenvalue weighted by Crippen LogP contribution is -1.92. The number of hydrogen-bond acceptors (Lipinski definition) is 2. The van der Waals surface area contributed by atoms with Gasteiger partial charge in [0.25, 0.3) is 0 Å². The first kappa shape index (κ1) is 11.6. The lowest BCUT2D eigenvalue weighted by atomic mass is 10.2. The second-order valence-electron chi connectivity index (χ2n) is 3.43. The van der Waals surface area contributed by atoms with Crippen LogP contribution < -0.4 is 0 Å². The van der Waals surface area contributed by atoms with Crippen LogP contribution in [-0.2, 0) is 0 Å². The number of nitriles is 1. The summed E-state index contributed by atoms with van der Waals surface area (Å²) in [6.45, 7) is 4.35. The molecule has 74 valence electrons. The van der Waals surface area contributed by atoms with Crippen LogP contribution >= 0.6 is 27.7 Å². The van der Waals surface area contributed by atoms with E-state index in [1.165, 1.54) is 0 Å². The monoisotopic (exact) mass is 269 g/mol. The van der Waals surface area contributed by atoms with E-state index in [0.717, 1.165) is 20.7 Å². The molecule has 14 heavy (non-hydrogen) atoms. The molecule has 3 heteroatoms. The molecule has 1 rings (SSSR count). The maximum absolute atomic E-state index is 8.92. The van der Waals surface area contributed by atoms with Crippen molar-refractivity contribution < 1.29 is 0 Å². The Labute approximate surface area is 97.6 Å². The second kappa shape index (κ2) is 5.43. The maximum Gasteiger partial charge on any atom is 0.100 e. The van der Waals surface area contributed by atoms with Gasteiger partial charge in [-0.3, -0.25) is 0 Å². The van der Waals surface area contributed by atoms with E-state index in [9.17, 15) is 0 Å². The molecule has 0 saturated heterocycles. The van der Waals surface area contributed by atoms with Gasteiger partial charge in [0.15, 0.2) is 0 Å². The van der Waals surface area contributed by atoms with E-state index < -0.39 is 0 Å². The standard InChI is InChI=1S/C11H12BrNS/c1-8(2)7-14-11-9(6-13)4-3-5-10(11)12/h3-5,8H,7H2,1-2H3. The van der Waals surface area contributed by atoms with Gasteiger partial charge in [-0.25, -0.2) is 0 Å². The van der Waals surface area contributed by atoms with Gasteiger partial charge in [0.1, 0.15) is 6.07 Å². The number of benzene rings is 1. The van der Waals surface area contributed by atoms with Gasteiger partial charge < -0.3 is 0 Å². The average molecular weight is 270 g/mol. The topological polar surface area (TPSA) is 23.8 Å². The molecule has 0 unspecified atom stereocenters. The van der Waals surface area contributed by atoms with Crippen molar-refractivity contribution in [3.8, 4) is 6.07 Å². The first-order valence-electron chi connectivity index (χ1n) is 4.46. The SMILES string of the molecule is CC(C)CSc1c(Br)cccc1C#N. The first-order chi connectivity index (χ1) is 6.65. The summed E-state index contributed by atoms with van der Waals surface area (Å²) in [5.74, 6) is 1.68. The number of halogens is 1. The average Bonchev–Trinajstić information content (AvgIpc) is 2.15. The predicted octanol–water partition coefficient (Wildman–Crippen LogP) is 4.07. The van der Waals surface area contributed by atoms with Crippen molar-refractivity contribution in [3.05, 3.63) is 28.2 Å². The van der Waals surface area contributed by atoms with Crippen LogP contribution in [0.3, 0.4) is 0 Å². The van der Waals surface area contributed by atoms with Gasteiger partial charge in [-0.05, 0) is 34.0 Å². The van der Waals surface area contributed by atoms with Crippen LogP contribution in [0.2, 0.25) is 0 Å². The van der Waals surface area contributed by atoms with Crippen LogP contribution in [-0.4, -0.2) is 5.75 Å². The lowest BCUT2D eigenvalue weighted by molar-refractivity contribution is 0.750. The number of rotatable bonds is 3. The summed E-state index contributed by atoms with van der Waals surface area (Å²) < 4.78 is 1.02. The quantitative estimate of drug-likeness (QED) is 0.773. The van der Waals surface area contributed by atoms with E-state index >= 15 is 0 Å². The van der Waals surface area contributed by atoms with Gasteiger partial charge in [0.2, 0.25) is 0 Å². The van der Waals surface area contributed by atoms with Gasteiger partial charge in [0.05, 0.1) is 5.56 Å². The summed E-state index contributed by atoms with van der Waals surface area (Å²) in [7, 11) is 0. The molecule has 0 aliphatic heterocycles. The van der Waals surface area contributed by atoms with Crippen molar-refractivity contribution in [1.29, 1.82) is 5.26 Å². The Bertz CT molecular complexity index is 355.